The minimum Gasteiger partial charge on any atom is -0.480 e. The van der Waals surface area contributed by atoms with Gasteiger partial charge in [-0.1, -0.05) is 0 Å². The maximum atomic E-state index is 10.1. The van der Waals surface area contributed by atoms with Gasteiger partial charge in [0.1, 0.15) is 18.1 Å². The lowest BCUT2D eigenvalue weighted by molar-refractivity contribution is -0.140. The fourth-order valence-electron chi connectivity index (χ4n) is 2.69. The van der Waals surface area contributed by atoms with Gasteiger partial charge in [0.15, 0.2) is 0 Å². The molecule has 9 nitrogen and oxygen atoms in total. The molecule has 24 heavy (non-hydrogen) atoms. The van der Waals surface area contributed by atoms with Crippen LogP contribution in [0.15, 0.2) is 0 Å². The first-order valence-electron chi connectivity index (χ1n) is 8.30. The number of carbonyl (C=O) groups is 3. The lowest BCUT2D eigenvalue weighted by atomic mass is 10.2. The molecule has 3 fully saturated rings. The van der Waals surface area contributed by atoms with E-state index >= 15 is 0 Å². The highest BCUT2D eigenvalue weighted by Crippen LogP contribution is 2.04. The largest absolute Gasteiger partial charge is 0.480 e. The van der Waals surface area contributed by atoms with Crippen LogP contribution in [0.4, 0.5) is 0 Å². The molecule has 0 bridgehead atoms. The molecule has 0 aromatic carbocycles. The van der Waals surface area contributed by atoms with Gasteiger partial charge in [0.05, 0.1) is 0 Å². The predicted molar refractivity (Wildman–Crippen MR) is 86.0 cm³/mol. The first-order valence-corrected chi connectivity index (χ1v) is 8.30. The van der Waals surface area contributed by atoms with Gasteiger partial charge < -0.3 is 31.3 Å². The Kier molecular flexibility index (Phi) is 9.28. The molecule has 0 saturated carbocycles. The molecule has 3 heterocycles. The molecule has 0 aromatic rings. The average molecular weight is 345 g/mol. The van der Waals surface area contributed by atoms with Gasteiger partial charge in [-0.15, -0.1) is 0 Å². The van der Waals surface area contributed by atoms with E-state index in [0.29, 0.717) is 0 Å². The highest BCUT2D eigenvalue weighted by molar-refractivity contribution is 5.74. The summed E-state index contributed by atoms with van der Waals surface area (Å²) in [5, 5.41) is 33.6. The Morgan fingerprint density at radius 1 is 0.583 bits per heavy atom. The molecule has 9 heteroatoms. The lowest BCUT2D eigenvalue weighted by Gasteiger charge is -1.99. The Balaban J connectivity index is 0.000000180. The molecule has 6 N–H and O–H groups in total. The summed E-state index contributed by atoms with van der Waals surface area (Å²) in [4.78, 5) is 30.4. The zero-order valence-electron chi connectivity index (χ0n) is 13.7. The number of hydrogen-bond acceptors (Lipinski definition) is 6. The number of rotatable bonds is 3. The van der Waals surface area contributed by atoms with E-state index in [2.05, 4.69) is 16.0 Å². The highest BCUT2D eigenvalue weighted by Gasteiger charge is 2.21. The van der Waals surface area contributed by atoms with Gasteiger partial charge in [-0.3, -0.25) is 14.4 Å². The molecule has 3 atom stereocenters. The van der Waals surface area contributed by atoms with E-state index in [1.807, 2.05) is 0 Å². The van der Waals surface area contributed by atoms with Crippen LogP contribution in [-0.2, 0) is 14.4 Å². The summed E-state index contributed by atoms with van der Waals surface area (Å²) < 4.78 is 0. The van der Waals surface area contributed by atoms with Crippen molar-refractivity contribution >= 4 is 17.9 Å². The second-order valence-corrected chi connectivity index (χ2v) is 5.96. The number of nitrogens with one attached hydrogen (secondary N) is 3. The lowest BCUT2D eigenvalue weighted by Crippen LogP contribution is -2.29. The molecule has 0 aromatic heterocycles. The van der Waals surface area contributed by atoms with Crippen molar-refractivity contribution in [2.45, 2.75) is 56.7 Å². The van der Waals surface area contributed by atoms with Gasteiger partial charge in [0.25, 0.3) is 0 Å². The van der Waals surface area contributed by atoms with E-state index < -0.39 is 17.9 Å². The quantitative estimate of drug-likeness (QED) is 0.397. The van der Waals surface area contributed by atoms with Crippen molar-refractivity contribution < 1.29 is 29.7 Å². The predicted octanol–water partition coefficient (Wildman–Crippen LogP) is -0.531. The molecule has 0 radical (unpaired) electrons. The molecule has 3 rings (SSSR count). The normalized spacial score (nSPS) is 28.2. The van der Waals surface area contributed by atoms with Gasteiger partial charge in [-0.25, -0.2) is 0 Å². The van der Waals surface area contributed by atoms with Gasteiger partial charge in [-0.2, -0.15) is 0 Å². The topological polar surface area (TPSA) is 148 Å². The number of hydrogen-bond donors (Lipinski definition) is 6. The van der Waals surface area contributed by atoms with Crippen molar-refractivity contribution in [1.82, 2.24) is 16.0 Å². The van der Waals surface area contributed by atoms with Crippen LogP contribution in [0.2, 0.25) is 0 Å². The number of carboxylic acids is 3. The first-order chi connectivity index (χ1) is 11.4. The molecule has 0 unspecified atom stereocenters. The van der Waals surface area contributed by atoms with Crippen molar-refractivity contribution in [3.63, 3.8) is 0 Å². The minimum atomic E-state index is -0.720. The van der Waals surface area contributed by atoms with Crippen LogP contribution in [0.5, 0.6) is 0 Å². The monoisotopic (exact) mass is 345 g/mol. The number of aliphatic carboxylic acids is 3. The third kappa shape index (κ3) is 7.71. The third-order valence-electron chi connectivity index (χ3n) is 4.08. The average Bonchev–Trinajstić information content (AvgIpc) is 3.29. The Morgan fingerprint density at radius 2 is 0.833 bits per heavy atom. The van der Waals surface area contributed by atoms with Gasteiger partial charge in [-0.05, 0) is 58.2 Å². The van der Waals surface area contributed by atoms with Crippen LogP contribution in [0.3, 0.4) is 0 Å². The van der Waals surface area contributed by atoms with E-state index in [1.54, 1.807) is 0 Å². The Hall–Kier alpha value is -1.71. The van der Waals surface area contributed by atoms with E-state index in [9.17, 15) is 14.4 Å². The van der Waals surface area contributed by atoms with E-state index in [0.717, 1.165) is 58.2 Å². The summed E-state index contributed by atoms with van der Waals surface area (Å²) >= 11 is 0. The summed E-state index contributed by atoms with van der Waals surface area (Å²) in [6, 6.07) is -0.806. The maximum absolute atomic E-state index is 10.1. The maximum Gasteiger partial charge on any atom is 0.320 e. The molecule has 3 aliphatic rings. The zero-order chi connectivity index (χ0) is 17.9. The summed E-state index contributed by atoms with van der Waals surface area (Å²) in [5.41, 5.74) is 0. The van der Waals surface area contributed by atoms with Crippen molar-refractivity contribution in [3.05, 3.63) is 0 Å². The Morgan fingerprint density at radius 3 is 0.917 bits per heavy atom. The van der Waals surface area contributed by atoms with Gasteiger partial charge in [0, 0.05) is 0 Å². The van der Waals surface area contributed by atoms with Crippen molar-refractivity contribution in [2.75, 3.05) is 19.6 Å². The van der Waals surface area contributed by atoms with Crippen LogP contribution in [-0.4, -0.2) is 71.0 Å². The van der Waals surface area contributed by atoms with E-state index in [-0.39, 0.29) is 18.1 Å². The van der Waals surface area contributed by atoms with Crippen LogP contribution in [0, 0.1) is 0 Å². The van der Waals surface area contributed by atoms with E-state index in [4.69, 9.17) is 15.3 Å². The van der Waals surface area contributed by atoms with Crippen molar-refractivity contribution in [3.8, 4) is 0 Å². The summed E-state index contributed by atoms with van der Waals surface area (Å²) in [5.74, 6) is -2.16. The highest BCUT2D eigenvalue weighted by atomic mass is 16.4. The van der Waals surface area contributed by atoms with E-state index in [1.165, 1.54) is 0 Å². The third-order valence-corrected chi connectivity index (χ3v) is 4.08. The van der Waals surface area contributed by atoms with Crippen molar-refractivity contribution in [2.24, 2.45) is 0 Å². The fraction of sp³-hybridized carbons (Fsp3) is 0.800. The zero-order valence-corrected chi connectivity index (χ0v) is 13.7. The molecule has 0 amide bonds. The fourth-order valence-corrected chi connectivity index (χ4v) is 2.69. The summed E-state index contributed by atoms with van der Waals surface area (Å²) in [6.07, 6.45) is 5.35. The van der Waals surface area contributed by atoms with Crippen LogP contribution in [0.1, 0.15) is 38.5 Å². The van der Waals surface area contributed by atoms with Crippen LogP contribution >= 0.6 is 0 Å². The standard InChI is InChI=1S/3C5H9NO2/c3*7-5(8)4-2-1-3-6-4/h3*4,6H,1-3H2,(H,7,8)/t3*4-/m100/s1. The smallest absolute Gasteiger partial charge is 0.320 e. The first kappa shape index (κ1) is 20.3. The molecule has 3 saturated heterocycles. The second-order valence-electron chi connectivity index (χ2n) is 5.96. The molecular weight excluding hydrogens is 318 g/mol. The molecule has 138 valence electrons. The van der Waals surface area contributed by atoms with Crippen LogP contribution < -0.4 is 16.0 Å². The Labute approximate surface area is 140 Å². The second kappa shape index (κ2) is 11.0. The summed E-state index contributed by atoms with van der Waals surface area (Å²) in [6.45, 7) is 2.57. The van der Waals surface area contributed by atoms with Crippen LogP contribution in [0.25, 0.3) is 0 Å². The molecular formula is C15H27N3O6. The Bertz CT molecular complexity index is 352. The SMILES string of the molecule is O=C(O)[C@@H]1CCCN1.O=C(O)[C@@H]1CCCN1.O=C(O)[C@H]1CCCN1. The number of carboxylic acid groups (broad SMARTS) is 3. The van der Waals surface area contributed by atoms with Crippen molar-refractivity contribution in [1.29, 1.82) is 0 Å². The molecule has 3 aliphatic heterocycles. The van der Waals surface area contributed by atoms with Gasteiger partial charge >= 0.3 is 17.9 Å². The summed E-state index contributed by atoms with van der Waals surface area (Å²) in [7, 11) is 0. The van der Waals surface area contributed by atoms with Gasteiger partial charge in [0.2, 0.25) is 0 Å². The molecule has 0 spiro atoms. The minimum absolute atomic E-state index is 0.269. The molecule has 0 aliphatic carbocycles.